The maximum atomic E-state index is 6.42. The second kappa shape index (κ2) is 15.3. The molecule has 19 heteroatoms. The molecule has 0 N–H and O–H groups in total. The van der Waals surface area contributed by atoms with Crippen LogP contribution in [0.1, 0.15) is 0 Å². The summed E-state index contributed by atoms with van der Waals surface area (Å²) in [6.45, 7) is 0. The highest BCUT2D eigenvalue weighted by Crippen LogP contribution is 2.59. The summed E-state index contributed by atoms with van der Waals surface area (Å²) in [6, 6.07) is 0. The molecule has 0 aliphatic rings. The van der Waals surface area contributed by atoms with Gasteiger partial charge in [-0.2, -0.15) is 0 Å². The first kappa shape index (κ1) is 36.2. The lowest BCUT2D eigenvalue weighted by molar-refractivity contribution is 0.381. The molecular weight excluding hydrogens is 1490 g/mol. The lowest BCUT2D eigenvalue weighted by Gasteiger charge is -2.24. The Bertz CT molecular complexity index is 1170. The van der Waals surface area contributed by atoms with Crippen LogP contribution in [0.15, 0.2) is 67.1 Å². The van der Waals surface area contributed by atoms with Gasteiger partial charge in [-0.1, -0.05) is 0 Å². The molecule has 0 heterocycles. The molecule has 0 amide bonds. The van der Waals surface area contributed by atoms with Crippen LogP contribution in [-0.2, 0) is 0 Å². The van der Waals surface area contributed by atoms with Crippen molar-refractivity contribution < 1.29 is 13.6 Å². The van der Waals surface area contributed by atoms with Gasteiger partial charge < -0.3 is 13.6 Å². The van der Waals surface area contributed by atoms with Crippen molar-refractivity contribution in [3.05, 3.63) is 67.1 Å². The molecule has 3 nitrogen and oxygen atoms in total. The third kappa shape index (κ3) is 7.74. The van der Waals surface area contributed by atoms with Crippen LogP contribution in [0, 0.1) is 0 Å². The van der Waals surface area contributed by atoms with E-state index in [9.17, 15) is 0 Å². The van der Waals surface area contributed by atoms with E-state index in [-0.39, 0.29) is 0 Å². The van der Waals surface area contributed by atoms with Gasteiger partial charge in [0.25, 0.3) is 0 Å². The number of hydrogen-bond donors (Lipinski definition) is 0. The van der Waals surface area contributed by atoms with Gasteiger partial charge in [0.1, 0.15) is 0 Å². The summed E-state index contributed by atoms with van der Waals surface area (Å²) in [5.41, 5.74) is 0. The van der Waals surface area contributed by atoms with E-state index < -0.39 is 8.60 Å². The van der Waals surface area contributed by atoms with Crippen molar-refractivity contribution in [2.75, 3.05) is 0 Å². The molecule has 0 radical (unpaired) electrons. The first-order valence-corrected chi connectivity index (χ1v) is 21.5. The molecule has 0 aromatic heterocycles. The van der Waals surface area contributed by atoms with Gasteiger partial charge in [-0.15, -0.1) is 0 Å². The fourth-order valence-corrected chi connectivity index (χ4v) is 13.6. The first-order valence-electron chi connectivity index (χ1n) is 8.49. The lowest BCUT2D eigenvalue weighted by Crippen LogP contribution is -2.06. The van der Waals surface area contributed by atoms with Gasteiger partial charge in [0, 0.05) is 13.4 Å². The predicted octanol–water partition coefficient (Wildman–Crippen LogP) is 16.9. The molecule has 0 saturated heterocycles. The van der Waals surface area contributed by atoms with Crippen molar-refractivity contribution in [1.82, 2.24) is 0 Å². The van der Waals surface area contributed by atoms with Gasteiger partial charge in [-0.05, 0) is 239 Å². The zero-order valence-corrected chi connectivity index (χ0v) is 41.0. The fraction of sp³-hybridized carbons (Fsp3) is 0. The van der Waals surface area contributed by atoms with E-state index in [0.717, 1.165) is 40.3 Å². The quantitative estimate of drug-likeness (QED) is 0.140. The molecule has 0 unspecified atom stereocenters. The molecule has 37 heavy (non-hydrogen) atoms. The van der Waals surface area contributed by atoms with Crippen LogP contribution in [-0.4, -0.2) is 0 Å². The van der Waals surface area contributed by atoms with E-state index in [1.165, 1.54) is 0 Å². The van der Waals surface area contributed by atoms with E-state index in [1.54, 1.807) is 0 Å². The molecule has 0 fully saturated rings. The molecule has 0 bridgehead atoms. The maximum Gasteiger partial charge on any atom is 0.530 e. The van der Waals surface area contributed by atoms with Crippen molar-refractivity contribution in [3.63, 3.8) is 0 Å². The lowest BCUT2D eigenvalue weighted by atomic mass is 10.3. The van der Waals surface area contributed by atoms with Crippen LogP contribution in [0.25, 0.3) is 0 Å². The Morgan fingerprint density at radius 1 is 0.243 bits per heavy atom. The Morgan fingerprint density at radius 3 is 0.541 bits per heavy atom. The van der Waals surface area contributed by atoms with Crippen molar-refractivity contribution in [2.45, 2.75) is 0 Å². The zero-order valence-electron chi connectivity index (χ0n) is 16.3. The summed E-state index contributed by atoms with van der Waals surface area (Å²) in [5, 5.41) is 0. The maximum absolute atomic E-state index is 6.42. The molecular formula is C18Br15O3P. The van der Waals surface area contributed by atoms with Gasteiger partial charge in [0.05, 0.1) is 53.7 Å². The summed E-state index contributed by atoms with van der Waals surface area (Å²) in [4.78, 5) is 0. The molecule has 0 saturated carbocycles. The first-order chi connectivity index (χ1) is 17.1. The van der Waals surface area contributed by atoms with Crippen molar-refractivity contribution >= 4 is 248 Å². The van der Waals surface area contributed by atoms with Gasteiger partial charge in [-0.25, -0.2) is 0 Å². The minimum absolute atomic E-state index is 0.443. The SMILES string of the molecule is Brc1c(Br)c(Br)c(OP(Oc2c(Br)c(Br)c(Br)c(Br)c2Br)Oc2c(Br)c(Br)c(Br)c(Br)c2Br)c(Br)c1Br. The summed E-state index contributed by atoms with van der Waals surface area (Å²) in [7, 11) is -2.14. The van der Waals surface area contributed by atoms with Crippen LogP contribution < -0.4 is 13.6 Å². The van der Waals surface area contributed by atoms with Crippen LogP contribution in [0.5, 0.6) is 17.2 Å². The van der Waals surface area contributed by atoms with Crippen LogP contribution in [0.2, 0.25) is 0 Å². The molecule has 200 valence electrons. The molecule has 0 aliphatic heterocycles. The van der Waals surface area contributed by atoms with Crippen LogP contribution >= 0.6 is 248 Å². The monoisotopic (exact) mass is 1480 g/mol. The van der Waals surface area contributed by atoms with Crippen LogP contribution in [0.3, 0.4) is 0 Å². The number of rotatable bonds is 6. The predicted molar refractivity (Wildman–Crippen MR) is 204 cm³/mol. The molecule has 0 aliphatic carbocycles. The average Bonchev–Trinajstić information content (AvgIpc) is 2.88. The number of benzene rings is 3. The van der Waals surface area contributed by atoms with Crippen molar-refractivity contribution in [1.29, 1.82) is 0 Å². The molecule has 0 spiro atoms. The summed E-state index contributed by atoms with van der Waals surface area (Å²) in [5.74, 6) is 1.33. The topological polar surface area (TPSA) is 27.7 Å². The van der Waals surface area contributed by atoms with Gasteiger partial charge >= 0.3 is 8.60 Å². The zero-order chi connectivity index (χ0) is 28.1. The Labute approximate surface area is 339 Å². The summed E-state index contributed by atoms with van der Waals surface area (Å²) < 4.78 is 29.9. The minimum Gasteiger partial charge on any atom is -0.406 e. The van der Waals surface area contributed by atoms with E-state index in [4.69, 9.17) is 13.6 Å². The van der Waals surface area contributed by atoms with Gasteiger partial charge in [-0.3, -0.25) is 0 Å². The second-order valence-corrected chi connectivity index (χ2v) is 19.1. The van der Waals surface area contributed by atoms with E-state index in [0.29, 0.717) is 44.1 Å². The van der Waals surface area contributed by atoms with E-state index in [1.807, 2.05) is 0 Å². The number of halogens is 15. The minimum atomic E-state index is -2.14. The standard InChI is InChI=1S/C18Br15O3P/c19-1-4(22)10(28)16(11(29)5(1)23)34-37(35-17-12(30)6(24)2(20)7(25)13(17)31)36-18-14(32)8(26)3(21)9(27)15(18)33. The third-order valence-electron chi connectivity index (χ3n) is 4.01. The van der Waals surface area contributed by atoms with Gasteiger partial charge in [0.15, 0.2) is 17.2 Å². The Morgan fingerprint density at radius 2 is 0.378 bits per heavy atom. The third-order valence-corrected chi connectivity index (χ3v) is 23.1. The van der Waals surface area contributed by atoms with Crippen molar-refractivity contribution in [3.8, 4) is 17.2 Å². The van der Waals surface area contributed by atoms with Crippen LogP contribution in [0.4, 0.5) is 0 Å². The highest BCUT2D eigenvalue weighted by Gasteiger charge is 2.32. The molecule has 0 atom stereocenters. The summed E-state index contributed by atoms with van der Waals surface area (Å²) in [6.07, 6.45) is 0. The van der Waals surface area contributed by atoms with E-state index >= 15 is 0 Å². The molecule has 3 rings (SSSR count). The highest BCUT2D eigenvalue weighted by molar-refractivity contribution is 9.17. The highest BCUT2D eigenvalue weighted by atomic mass is 79.9. The largest absolute Gasteiger partial charge is 0.530 e. The molecule has 3 aromatic carbocycles. The second-order valence-electron chi connectivity index (χ2n) is 6.19. The molecule has 3 aromatic rings. The Hall–Kier alpha value is 4.69. The number of hydrogen-bond acceptors (Lipinski definition) is 3. The average molecular weight is 1490 g/mol. The Balaban J connectivity index is 2.22. The van der Waals surface area contributed by atoms with Crippen molar-refractivity contribution in [2.24, 2.45) is 0 Å². The Kier molecular flexibility index (Phi) is 15.0. The fourth-order valence-electron chi connectivity index (χ4n) is 2.27. The normalized spacial score (nSPS) is 11.4. The van der Waals surface area contributed by atoms with Gasteiger partial charge in [0.2, 0.25) is 0 Å². The smallest absolute Gasteiger partial charge is 0.406 e. The van der Waals surface area contributed by atoms with E-state index in [2.05, 4.69) is 239 Å². The summed E-state index contributed by atoms with van der Waals surface area (Å²) >= 11 is 53.7.